The van der Waals surface area contributed by atoms with Crippen molar-refractivity contribution in [2.45, 2.75) is 25.9 Å². The van der Waals surface area contributed by atoms with E-state index in [1.165, 1.54) is 6.07 Å². The minimum Gasteiger partial charge on any atom is -0.484 e. The van der Waals surface area contributed by atoms with E-state index in [9.17, 15) is 18.0 Å². The molecule has 0 atom stereocenters. The summed E-state index contributed by atoms with van der Waals surface area (Å²) in [6, 6.07) is 4.62. The number of benzene rings is 1. The first kappa shape index (κ1) is 20.5. The van der Waals surface area contributed by atoms with Crippen molar-refractivity contribution in [3.05, 3.63) is 23.8 Å². The van der Waals surface area contributed by atoms with Gasteiger partial charge in [0.15, 0.2) is 6.61 Å². The highest BCUT2D eigenvalue weighted by Crippen LogP contribution is 2.27. The molecular formula is C14H20ClF3N2O2. The molecule has 0 bridgehead atoms. The Morgan fingerprint density at radius 1 is 1.32 bits per heavy atom. The molecule has 1 amide bonds. The van der Waals surface area contributed by atoms with E-state index in [1.54, 1.807) is 26.1 Å². The zero-order valence-electron chi connectivity index (χ0n) is 12.4. The highest BCUT2D eigenvalue weighted by Gasteiger charge is 2.28. The zero-order chi connectivity index (χ0) is 15.9. The smallest absolute Gasteiger partial charge is 0.422 e. The van der Waals surface area contributed by atoms with E-state index in [0.717, 1.165) is 6.54 Å². The molecule has 0 fully saturated rings. The fourth-order valence-electron chi connectivity index (χ4n) is 1.70. The number of hydrogen-bond donors (Lipinski definition) is 2. The van der Waals surface area contributed by atoms with E-state index in [4.69, 9.17) is 4.74 Å². The number of hydrogen-bond acceptors (Lipinski definition) is 3. The molecule has 22 heavy (non-hydrogen) atoms. The van der Waals surface area contributed by atoms with Gasteiger partial charge in [0.1, 0.15) is 5.75 Å². The third-order valence-electron chi connectivity index (χ3n) is 2.78. The van der Waals surface area contributed by atoms with Crippen LogP contribution in [0, 0.1) is 6.92 Å². The molecule has 0 saturated carbocycles. The Morgan fingerprint density at radius 2 is 2.00 bits per heavy atom. The number of anilines is 1. The fourth-order valence-corrected chi connectivity index (χ4v) is 1.70. The molecule has 8 heteroatoms. The van der Waals surface area contributed by atoms with Crippen LogP contribution < -0.4 is 15.4 Å². The molecule has 1 rings (SSSR count). The van der Waals surface area contributed by atoms with Crippen LogP contribution in [0.3, 0.4) is 0 Å². The average Bonchev–Trinajstić information content (AvgIpc) is 2.39. The molecule has 2 N–H and O–H groups in total. The lowest BCUT2D eigenvalue weighted by Crippen LogP contribution is -2.20. The van der Waals surface area contributed by atoms with Crippen LogP contribution in [0.4, 0.5) is 18.9 Å². The van der Waals surface area contributed by atoms with E-state index in [1.807, 2.05) is 0 Å². The van der Waals surface area contributed by atoms with Crippen LogP contribution in [0.2, 0.25) is 0 Å². The maximum Gasteiger partial charge on any atom is 0.422 e. The normalized spacial score (nSPS) is 10.8. The van der Waals surface area contributed by atoms with Crippen molar-refractivity contribution in [1.82, 2.24) is 5.32 Å². The number of carbonyl (C=O) groups is 1. The van der Waals surface area contributed by atoms with E-state index in [2.05, 4.69) is 10.6 Å². The van der Waals surface area contributed by atoms with Gasteiger partial charge in [-0.3, -0.25) is 4.79 Å². The van der Waals surface area contributed by atoms with Crippen molar-refractivity contribution < 1.29 is 22.7 Å². The molecule has 0 unspecified atom stereocenters. The van der Waals surface area contributed by atoms with Crippen molar-refractivity contribution in [1.29, 1.82) is 0 Å². The van der Waals surface area contributed by atoms with Gasteiger partial charge in [0.2, 0.25) is 5.91 Å². The Morgan fingerprint density at radius 3 is 2.59 bits per heavy atom. The molecule has 0 saturated heterocycles. The lowest BCUT2D eigenvalue weighted by atomic mass is 10.1. The molecule has 4 nitrogen and oxygen atoms in total. The second-order valence-electron chi connectivity index (χ2n) is 4.59. The first-order valence-corrected chi connectivity index (χ1v) is 6.57. The van der Waals surface area contributed by atoms with Crippen LogP contribution in [0.1, 0.15) is 18.4 Å². The third-order valence-corrected chi connectivity index (χ3v) is 2.78. The summed E-state index contributed by atoms with van der Waals surface area (Å²) in [6.07, 6.45) is -3.36. The lowest BCUT2D eigenvalue weighted by molar-refractivity contribution is -0.153. The molecule has 0 spiro atoms. The summed E-state index contributed by atoms with van der Waals surface area (Å²) < 4.78 is 41.2. The Labute approximate surface area is 133 Å². The molecular weight excluding hydrogens is 321 g/mol. The van der Waals surface area contributed by atoms with Crippen molar-refractivity contribution in [2.24, 2.45) is 0 Å². The topological polar surface area (TPSA) is 50.4 Å². The summed E-state index contributed by atoms with van der Waals surface area (Å²) >= 11 is 0. The monoisotopic (exact) mass is 340 g/mol. The van der Waals surface area contributed by atoms with Crippen LogP contribution in [0.15, 0.2) is 18.2 Å². The lowest BCUT2D eigenvalue weighted by Gasteiger charge is -2.14. The Bertz CT molecular complexity index is 482. The number of carbonyl (C=O) groups excluding carboxylic acids is 1. The van der Waals surface area contributed by atoms with Gasteiger partial charge in [0, 0.05) is 17.7 Å². The fraction of sp³-hybridized carbons (Fsp3) is 0.500. The van der Waals surface area contributed by atoms with Gasteiger partial charge in [0.05, 0.1) is 0 Å². The summed E-state index contributed by atoms with van der Waals surface area (Å²) in [7, 11) is 1.80. The summed E-state index contributed by atoms with van der Waals surface area (Å²) in [5.41, 5.74) is 0.938. The predicted octanol–water partition coefficient (Wildman–Crippen LogP) is 3.30. The van der Waals surface area contributed by atoms with Crippen molar-refractivity contribution in [2.75, 3.05) is 25.5 Å². The minimum absolute atomic E-state index is 0. The van der Waals surface area contributed by atoms with Crippen molar-refractivity contribution in [3.63, 3.8) is 0 Å². The zero-order valence-corrected chi connectivity index (χ0v) is 13.2. The van der Waals surface area contributed by atoms with Crippen molar-refractivity contribution >= 4 is 24.0 Å². The number of nitrogens with one attached hydrogen (secondary N) is 2. The molecule has 126 valence electrons. The van der Waals surface area contributed by atoms with Gasteiger partial charge in [-0.1, -0.05) is 6.07 Å². The van der Waals surface area contributed by atoms with E-state index >= 15 is 0 Å². The molecule has 1 aromatic carbocycles. The number of ether oxygens (including phenoxy) is 1. The summed E-state index contributed by atoms with van der Waals surface area (Å²) in [4.78, 5) is 11.7. The second-order valence-corrected chi connectivity index (χ2v) is 4.59. The number of amides is 1. The highest BCUT2D eigenvalue weighted by atomic mass is 35.5. The molecule has 1 aromatic rings. The first-order valence-electron chi connectivity index (χ1n) is 6.57. The quantitative estimate of drug-likeness (QED) is 0.749. The average molecular weight is 341 g/mol. The van der Waals surface area contributed by atoms with Crippen LogP contribution in [-0.4, -0.2) is 32.3 Å². The Hall–Kier alpha value is -1.47. The van der Waals surface area contributed by atoms with E-state index < -0.39 is 12.8 Å². The molecule has 0 aliphatic rings. The molecule has 0 radical (unpaired) electrons. The van der Waals surface area contributed by atoms with Crippen LogP contribution in [0.5, 0.6) is 5.75 Å². The van der Waals surface area contributed by atoms with Gasteiger partial charge in [-0.25, -0.2) is 0 Å². The Kier molecular flexibility index (Phi) is 8.89. The van der Waals surface area contributed by atoms with Gasteiger partial charge < -0.3 is 15.4 Å². The number of halogens is 4. The van der Waals surface area contributed by atoms with Crippen molar-refractivity contribution in [3.8, 4) is 5.75 Å². The molecule has 0 aromatic heterocycles. The largest absolute Gasteiger partial charge is 0.484 e. The Balaban J connectivity index is 0.00000441. The van der Waals surface area contributed by atoms with Gasteiger partial charge in [-0.05, 0) is 39.1 Å². The summed E-state index contributed by atoms with van der Waals surface area (Å²) in [6.45, 7) is 0.976. The summed E-state index contributed by atoms with van der Waals surface area (Å²) in [5, 5.41) is 5.61. The van der Waals surface area contributed by atoms with Gasteiger partial charge in [-0.2, -0.15) is 13.2 Å². The molecule has 0 heterocycles. The van der Waals surface area contributed by atoms with E-state index in [-0.39, 0.29) is 24.1 Å². The maximum absolute atomic E-state index is 12.2. The minimum atomic E-state index is -4.39. The maximum atomic E-state index is 12.2. The SMILES string of the molecule is CNCCCC(=O)Nc1cccc(OCC(F)(F)F)c1C.Cl. The second kappa shape index (κ2) is 9.53. The number of alkyl halides is 3. The van der Waals surface area contributed by atoms with Gasteiger partial charge in [-0.15, -0.1) is 12.4 Å². The molecule has 0 aliphatic carbocycles. The number of rotatable bonds is 7. The van der Waals surface area contributed by atoms with Crippen LogP contribution in [-0.2, 0) is 4.79 Å². The van der Waals surface area contributed by atoms with Gasteiger partial charge >= 0.3 is 6.18 Å². The van der Waals surface area contributed by atoms with Gasteiger partial charge in [0.25, 0.3) is 0 Å². The highest BCUT2D eigenvalue weighted by molar-refractivity contribution is 5.91. The summed E-state index contributed by atoms with van der Waals surface area (Å²) in [5.74, 6) is -0.0679. The standard InChI is InChI=1S/C14H19F3N2O2.ClH/c1-10-11(19-13(20)7-4-8-18-2)5-3-6-12(10)21-9-14(15,16)17;/h3,5-6,18H,4,7-9H2,1-2H3,(H,19,20);1H. The predicted molar refractivity (Wildman–Crippen MR) is 81.8 cm³/mol. The van der Waals surface area contributed by atoms with Crippen LogP contribution in [0.25, 0.3) is 0 Å². The van der Waals surface area contributed by atoms with E-state index in [0.29, 0.717) is 24.1 Å². The molecule has 0 aliphatic heterocycles. The van der Waals surface area contributed by atoms with Crippen LogP contribution >= 0.6 is 12.4 Å². The first-order chi connectivity index (χ1) is 9.83. The third kappa shape index (κ3) is 7.51.